The highest BCUT2D eigenvalue weighted by atomic mass is 16.1. The summed E-state index contributed by atoms with van der Waals surface area (Å²) in [5.41, 5.74) is 1.77. The minimum Gasteiger partial charge on any atom is -0.379 e. The van der Waals surface area contributed by atoms with Gasteiger partial charge in [-0.05, 0) is 38.4 Å². The Bertz CT molecular complexity index is 628. The lowest BCUT2D eigenvalue weighted by molar-refractivity contribution is -0.105. The van der Waals surface area contributed by atoms with Gasteiger partial charge in [0, 0.05) is 17.6 Å². The fraction of sp³-hybridized carbons (Fsp3) is 0.368. The first-order valence-corrected chi connectivity index (χ1v) is 7.82. The zero-order valence-electron chi connectivity index (χ0n) is 14.3. The molecule has 2 rings (SSSR count). The van der Waals surface area contributed by atoms with Crippen molar-refractivity contribution < 1.29 is 9.59 Å². The number of hydrogen-bond acceptors (Lipinski definition) is 4. The molecule has 0 heterocycles. The quantitative estimate of drug-likeness (QED) is 0.404. The average molecular weight is 327 g/mol. The number of aldehydes is 1. The maximum Gasteiger partial charge on any atom is 0.252 e. The van der Waals surface area contributed by atoms with E-state index in [9.17, 15) is 9.59 Å². The van der Waals surface area contributed by atoms with Crippen molar-refractivity contribution in [2.24, 2.45) is 0 Å². The number of carbonyl (C=O) groups excluding carboxylic acids is 2. The Kier molecular flexibility index (Phi) is 7.73. The molecule has 0 aromatic heterocycles. The summed E-state index contributed by atoms with van der Waals surface area (Å²) >= 11 is 0. The number of terminal acetylenes is 1. The van der Waals surface area contributed by atoms with Crippen molar-refractivity contribution >= 4 is 12.2 Å². The predicted octanol–water partition coefficient (Wildman–Crippen LogP) is 1.61. The number of allylic oxidation sites excluding steroid dienone is 1. The van der Waals surface area contributed by atoms with Crippen LogP contribution >= 0.6 is 0 Å². The van der Waals surface area contributed by atoms with Gasteiger partial charge in [-0.25, -0.2) is 0 Å². The molecule has 1 aromatic carbocycles. The largest absolute Gasteiger partial charge is 0.379 e. The summed E-state index contributed by atoms with van der Waals surface area (Å²) in [5.74, 6) is 2.35. The van der Waals surface area contributed by atoms with E-state index in [0.29, 0.717) is 30.6 Å². The molecule has 1 saturated carbocycles. The van der Waals surface area contributed by atoms with Crippen molar-refractivity contribution in [3.8, 4) is 12.3 Å². The Labute approximate surface area is 143 Å². The molecule has 0 unspecified atom stereocenters. The molecule has 0 bridgehead atoms. The van der Waals surface area contributed by atoms with E-state index in [0.717, 1.165) is 18.4 Å². The van der Waals surface area contributed by atoms with E-state index in [4.69, 9.17) is 6.42 Å². The van der Waals surface area contributed by atoms with Gasteiger partial charge in [-0.3, -0.25) is 9.59 Å². The summed E-state index contributed by atoms with van der Waals surface area (Å²) in [6.07, 6.45) is 7.54. The topological polar surface area (TPSA) is 70.2 Å². The third-order valence-corrected chi connectivity index (χ3v) is 3.60. The van der Waals surface area contributed by atoms with Gasteiger partial charge in [0.05, 0.1) is 12.2 Å². The van der Waals surface area contributed by atoms with Crippen molar-refractivity contribution in [2.45, 2.75) is 31.8 Å². The molecule has 0 spiro atoms. The van der Waals surface area contributed by atoms with Gasteiger partial charge < -0.3 is 16.0 Å². The summed E-state index contributed by atoms with van der Waals surface area (Å²) in [5, 5.41) is 8.69. The number of nitrogens with one attached hydrogen (secondary N) is 3. The highest BCUT2D eigenvalue weighted by molar-refractivity contribution is 5.96. The standard InChI is InChI=1S/C15H18N2O2.C4H7N/c1-11(10-18)16-9-12-5-3-4-6-13(12)14(19)17-15(2)7-8-15;1-3-4-5-2/h3-6,10,16H,1,7-9H2,2H3,(H,17,19);1,5H,4H2,2H3. The number of rotatable bonds is 7. The molecule has 5 nitrogen and oxygen atoms in total. The molecule has 128 valence electrons. The third kappa shape index (κ3) is 6.67. The van der Waals surface area contributed by atoms with Crippen LogP contribution in [0.1, 0.15) is 35.7 Å². The first-order chi connectivity index (χ1) is 11.5. The van der Waals surface area contributed by atoms with E-state index < -0.39 is 0 Å². The molecule has 1 aliphatic carbocycles. The van der Waals surface area contributed by atoms with Gasteiger partial charge in [0.15, 0.2) is 6.29 Å². The second-order valence-corrected chi connectivity index (χ2v) is 5.90. The summed E-state index contributed by atoms with van der Waals surface area (Å²) < 4.78 is 0. The normalized spacial score (nSPS) is 13.5. The van der Waals surface area contributed by atoms with Crippen molar-refractivity contribution in [1.29, 1.82) is 0 Å². The molecule has 1 fully saturated rings. The lowest BCUT2D eigenvalue weighted by Crippen LogP contribution is -2.35. The van der Waals surface area contributed by atoms with Crippen LogP contribution in [0.2, 0.25) is 0 Å². The van der Waals surface area contributed by atoms with E-state index in [2.05, 4.69) is 28.4 Å². The summed E-state index contributed by atoms with van der Waals surface area (Å²) in [6, 6.07) is 7.37. The molecule has 0 saturated heterocycles. The summed E-state index contributed by atoms with van der Waals surface area (Å²) in [7, 11) is 1.82. The van der Waals surface area contributed by atoms with Gasteiger partial charge >= 0.3 is 0 Å². The molecule has 24 heavy (non-hydrogen) atoms. The molecule has 3 N–H and O–H groups in total. The SMILES string of the molecule is C#CCNC.C=C(C=O)NCc1ccccc1C(=O)NC1(C)CC1. The van der Waals surface area contributed by atoms with Crippen molar-refractivity contribution in [2.75, 3.05) is 13.6 Å². The number of amides is 1. The van der Waals surface area contributed by atoms with E-state index in [1.54, 1.807) is 6.07 Å². The highest BCUT2D eigenvalue weighted by Gasteiger charge is 2.39. The maximum atomic E-state index is 12.2. The second kappa shape index (κ2) is 9.53. The van der Waals surface area contributed by atoms with Crippen molar-refractivity contribution in [3.63, 3.8) is 0 Å². The van der Waals surface area contributed by atoms with Crippen molar-refractivity contribution in [1.82, 2.24) is 16.0 Å². The zero-order valence-corrected chi connectivity index (χ0v) is 14.3. The Morgan fingerprint density at radius 2 is 2.08 bits per heavy atom. The van der Waals surface area contributed by atoms with Crippen LogP contribution in [-0.4, -0.2) is 31.3 Å². The molecular formula is C19H25N3O2. The molecule has 1 aromatic rings. The smallest absolute Gasteiger partial charge is 0.252 e. The molecule has 1 aliphatic rings. The van der Waals surface area contributed by atoms with Gasteiger partial charge in [0.1, 0.15) is 0 Å². The van der Waals surface area contributed by atoms with Crippen molar-refractivity contribution in [3.05, 3.63) is 47.7 Å². The van der Waals surface area contributed by atoms with Gasteiger partial charge in [-0.1, -0.05) is 30.7 Å². The molecule has 5 heteroatoms. The maximum absolute atomic E-state index is 12.2. The van der Waals surface area contributed by atoms with Crippen LogP contribution < -0.4 is 16.0 Å². The molecule has 0 aliphatic heterocycles. The van der Waals surface area contributed by atoms with Crippen LogP contribution in [0.3, 0.4) is 0 Å². The van der Waals surface area contributed by atoms with Gasteiger partial charge in [-0.15, -0.1) is 6.42 Å². The second-order valence-electron chi connectivity index (χ2n) is 5.90. The minimum atomic E-state index is -0.0610. The first-order valence-electron chi connectivity index (χ1n) is 7.82. The average Bonchev–Trinajstić information content (AvgIpc) is 3.31. The Hall–Kier alpha value is -2.58. The molecular weight excluding hydrogens is 302 g/mol. The van der Waals surface area contributed by atoms with Crippen LogP contribution in [0.5, 0.6) is 0 Å². The van der Waals surface area contributed by atoms with E-state index >= 15 is 0 Å². The molecule has 1 amide bonds. The fourth-order valence-corrected chi connectivity index (χ4v) is 1.90. The van der Waals surface area contributed by atoms with E-state index in [1.807, 2.05) is 32.2 Å². The first kappa shape index (κ1) is 19.5. The van der Waals surface area contributed by atoms with Crippen LogP contribution in [0, 0.1) is 12.3 Å². The zero-order chi connectivity index (χ0) is 18.0. The van der Waals surface area contributed by atoms with E-state index in [1.165, 1.54) is 0 Å². The lowest BCUT2D eigenvalue weighted by Gasteiger charge is -2.14. The highest BCUT2D eigenvalue weighted by Crippen LogP contribution is 2.34. The predicted molar refractivity (Wildman–Crippen MR) is 96.4 cm³/mol. The lowest BCUT2D eigenvalue weighted by atomic mass is 10.1. The van der Waals surface area contributed by atoms with E-state index in [-0.39, 0.29) is 11.4 Å². The fourth-order valence-electron chi connectivity index (χ4n) is 1.90. The van der Waals surface area contributed by atoms with Crippen LogP contribution in [0.4, 0.5) is 0 Å². The monoisotopic (exact) mass is 327 g/mol. The van der Waals surface area contributed by atoms with Gasteiger partial charge in [0.25, 0.3) is 5.91 Å². The van der Waals surface area contributed by atoms with Crippen LogP contribution in [-0.2, 0) is 11.3 Å². The number of benzene rings is 1. The third-order valence-electron chi connectivity index (χ3n) is 3.60. The molecule has 0 radical (unpaired) electrons. The Balaban J connectivity index is 0.000000505. The van der Waals surface area contributed by atoms with Crippen LogP contribution in [0.15, 0.2) is 36.5 Å². The summed E-state index contributed by atoms with van der Waals surface area (Å²) in [6.45, 7) is 6.68. The van der Waals surface area contributed by atoms with Gasteiger partial charge in [-0.2, -0.15) is 0 Å². The molecule has 0 atom stereocenters. The Morgan fingerprint density at radius 1 is 1.42 bits per heavy atom. The van der Waals surface area contributed by atoms with Gasteiger partial charge in [0.2, 0.25) is 0 Å². The summed E-state index contributed by atoms with van der Waals surface area (Å²) in [4.78, 5) is 22.7. The number of carbonyl (C=O) groups is 2. The Morgan fingerprint density at radius 3 is 2.58 bits per heavy atom. The van der Waals surface area contributed by atoms with Crippen LogP contribution in [0.25, 0.3) is 0 Å². The number of hydrogen-bond donors (Lipinski definition) is 3. The minimum absolute atomic E-state index is 0.0377.